The van der Waals surface area contributed by atoms with Crippen LogP contribution >= 0.6 is 34.9 Å². The van der Waals surface area contributed by atoms with Crippen LogP contribution in [0.3, 0.4) is 0 Å². The number of halogens is 1. The molecule has 0 atom stereocenters. The number of rotatable bonds is 2. The summed E-state index contributed by atoms with van der Waals surface area (Å²) >= 11 is 8.55. The van der Waals surface area contributed by atoms with E-state index in [9.17, 15) is 0 Å². The molecule has 0 unspecified atom stereocenters. The topological polar surface area (TPSA) is 25.8 Å². The standard InChI is InChI=1S/C5H7ClN2S2/c1-3(2)9-5-7-4(6)8-10-5/h3H,1-2H3. The van der Waals surface area contributed by atoms with E-state index in [-0.39, 0.29) is 0 Å². The third kappa shape index (κ3) is 2.44. The van der Waals surface area contributed by atoms with Gasteiger partial charge in [0.25, 0.3) is 0 Å². The molecule has 0 bridgehead atoms. The molecule has 0 fully saturated rings. The number of nitrogens with zero attached hydrogens (tertiary/aromatic N) is 2. The molecule has 0 saturated heterocycles. The molecule has 0 aliphatic heterocycles. The quantitative estimate of drug-likeness (QED) is 0.678. The van der Waals surface area contributed by atoms with E-state index in [4.69, 9.17) is 11.6 Å². The van der Waals surface area contributed by atoms with Crippen molar-refractivity contribution in [1.82, 2.24) is 9.36 Å². The second-order valence-electron chi connectivity index (χ2n) is 2.00. The minimum atomic E-state index is 0.355. The Balaban J connectivity index is 2.58. The summed E-state index contributed by atoms with van der Waals surface area (Å²) in [4.78, 5) is 3.99. The van der Waals surface area contributed by atoms with Gasteiger partial charge in [-0.1, -0.05) is 25.6 Å². The highest BCUT2D eigenvalue weighted by Crippen LogP contribution is 2.25. The van der Waals surface area contributed by atoms with Gasteiger partial charge in [0.05, 0.1) is 0 Å². The summed E-state index contributed by atoms with van der Waals surface area (Å²) in [6.07, 6.45) is 0. The molecular formula is C5H7ClN2S2. The van der Waals surface area contributed by atoms with Crippen molar-refractivity contribution < 1.29 is 0 Å². The van der Waals surface area contributed by atoms with Crippen molar-refractivity contribution in [1.29, 1.82) is 0 Å². The summed E-state index contributed by atoms with van der Waals surface area (Å²) < 4.78 is 4.79. The number of aromatic nitrogens is 2. The molecule has 0 N–H and O–H groups in total. The van der Waals surface area contributed by atoms with Crippen LogP contribution in [-0.2, 0) is 0 Å². The van der Waals surface area contributed by atoms with Gasteiger partial charge in [-0.15, -0.1) is 0 Å². The summed E-state index contributed by atoms with van der Waals surface area (Å²) in [6.45, 7) is 4.22. The van der Waals surface area contributed by atoms with Crippen LogP contribution < -0.4 is 0 Å². The maximum absolute atomic E-state index is 5.52. The Morgan fingerprint density at radius 3 is 2.70 bits per heavy atom. The fraction of sp³-hybridized carbons (Fsp3) is 0.600. The van der Waals surface area contributed by atoms with E-state index in [2.05, 4.69) is 23.2 Å². The fourth-order valence-electron chi connectivity index (χ4n) is 0.442. The van der Waals surface area contributed by atoms with Crippen LogP contribution in [0.15, 0.2) is 4.34 Å². The van der Waals surface area contributed by atoms with Gasteiger partial charge in [0.1, 0.15) is 0 Å². The Kier molecular flexibility index (Phi) is 2.95. The van der Waals surface area contributed by atoms with Crippen LogP contribution in [0.1, 0.15) is 13.8 Å². The summed E-state index contributed by atoms with van der Waals surface area (Å²) in [5.74, 6) is 0. The summed E-state index contributed by atoms with van der Waals surface area (Å²) in [7, 11) is 0. The smallest absolute Gasteiger partial charge is 0.198 e. The SMILES string of the molecule is CC(C)Sc1nc(Cl)ns1. The van der Waals surface area contributed by atoms with E-state index >= 15 is 0 Å². The van der Waals surface area contributed by atoms with Crippen molar-refractivity contribution >= 4 is 34.9 Å². The minimum Gasteiger partial charge on any atom is -0.198 e. The summed E-state index contributed by atoms with van der Waals surface area (Å²) in [6, 6.07) is 0. The first-order valence-electron chi connectivity index (χ1n) is 2.84. The Hall–Kier alpha value is 0.200. The van der Waals surface area contributed by atoms with Crippen molar-refractivity contribution in [2.24, 2.45) is 0 Å². The number of thioether (sulfide) groups is 1. The first kappa shape index (κ1) is 8.30. The van der Waals surface area contributed by atoms with Crippen LogP contribution in [0.2, 0.25) is 5.28 Å². The molecule has 0 spiro atoms. The third-order valence-corrected chi connectivity index (χ3v) is 2.78. The summed E-state index contributed by atoms with van der Waals surface area (Å²) in [5.41, 5.74) is 0. The maximum Gasteiger partial charge on any atom is 0.235 e. The van der Waals surface area contributed by atoms with Gasteiger partial charge in [0.2, 0.25) is 5.28 Å². The Bertz CT molecular complexity index is 211. The molecule has 0 radical (unpaired) electrons. The molecular weight excluding hydrogens is 188 g/mol. The lowest BCUT2D eigenvalue weighted by molar-refractivity contribution is 1.10. The van der Waals surface area contributed by atoms with Gasteiger partial charge >= 0.3 is 0 Å². The second-order valence-corrected chi connectivity index (χ2v) is 4.91. The lowest BCUT2D eigenvalue weighted by atomic mass is 10.6. The van der Waals surface area contributed by atoms with Gasteiger partial charge in [-0.25, -0.2) is 0 Å². The average Bonchev–Trinajstić information content (AvgIpc) is 2.13. The average molecular weight is 195 g/mol. The van der Waals surface area contributed by atoms with E-state index in [1.54, 1.807) is 11.8 Å². The van der Waals surface area contributed by atoms with E-state index in [0.29, 0.717) is 10.5 Å². The molecule has 0 aromatic carbocycles. The molecule has 56 valence electrons. The van der Waals surface area contributed by atoms with Crippen LogP contribution in [0, 0.1) is 0 Å². The van der Waals surface area contributed by atoms with Gasteiger partial charge in [0, 0.05) is 5.25 Å². The molecule has 5 heteroatoms. The van der Waals surface area contributed by atoms with Crippen molar-refractivity contribution in [3.8, 4) is 0 Å². The normalized spacial score (nSPS) is 10.8. The molecule has 10 heavy (non-hydrogen) atoms. The van der Waals surface area contributed by atoms with Gasteiger partial charge < -0.3 is 0 Å². The molecule has 0 amide bonds. The molecule has 1 aromatic rings. The van der Waals surface area contributed by atoms with Gasteiger partial charge in [-0.2, -0.15) is 9.36 Å². The van der Waals surface area contributed by atoms with Crippen molar-refractivity contribution in [3.05, 3.63) is 5.28 Å². The molecule has 1 rings (SSSR count). The zero-order valence-electron chi connectivity index (χ0n) is 5.67. The third-order valence-electron chi connectivity index (χ3n) is 0.719. The van der Waals surface area contributed by atoms with Crippen LogP contribution in [-0.4, -0.2) is 14.6 Å². The Morgan fingerprint density at radius 1 is 1.60 bits per heavy atom. The van der Waals surface area contributed by atoms with Gasteiger partial charge in [0.15, 0.2) is 4.34 Å². The molecule has 2 nitrogen and oxygen atoms in total. The lowest BCUT2D eigenvalue weighted by Crippen LogP contribution is -1.83. The zero-order chi connectivity index (χ0) is 7.56. The highest BCUT2D eigenvalue weighted by Gasteiger charge is 2.03. The highest BCUT2D eigenvalue weighted by molar-refractivity contribution is 8.01. The van der Waals surface area contributed by atoms with Crippen molar-refractivity contribution in [2.75, 3.05) is 0 Å². The number of hydrogen-bond acceptors (Lipinski definition) is 4. The highest BCUT2D eigenvalue weighted by atomic mass is 35.5. The zero-order valence-corrected chi connectivity index (χ0v) is 8.06. The molecule has 0 aliphatic rings. The minimum absolute atomic E-state index is 0.355. The van der Waals surface area contributed by atoms with Crippen molar-refractivity contribution in [2.45, 2.75) is 23.4 Å². The van der Waals surface area contributed by atoms with E-state index in [1.807, 2.05) is 0 Å². The fourth-order valence-corrected chi connectivity index (χ4v) is 2.46. The number of hydrogen-bond donors (Lipinski definition) is 0. The Labute approximate surface area is 73.2 Å². The van der Waals surface area contributed by atoms with E-state index in [1.165, 1.54) is 11.5 Å². The summed E-state index contributed by atoms with van der Waals surface area (Å²) in [5, 5.41) is 0.900. The maximum atomic E-state index is 5.52. The Morgan fingerprint density at radius 2 is 2.30 bits per heavy atom. The predicted octanol–water partition coefficient (Wildman–Crippen LogP) is 2.69. The van der Waals surface area contributed by atoms with Crippen LogP contribution in [0.5, 0.6) is 0 Å². The monoisotopic (exact) mass is 194 g/mol. The first-order valence-corrected chi connectivity index (χ1v) is 4.87. The van der Waals surface area contributed by atoms with Gasteiger partial charge in [-0.05, 0) is 23.1 Å². The van der Waals surface area contributed by atoms with Crippen LogP contribution in [0.25, 0.3) is 0 Å². The van der Waals surface area contributed by atoms with Crippen LogP contribution in [0.4, 0.5) is 0 Å². The van der Waals surface area contributed by atoms with Gasteiger partial charge in [-0.3, -0.25) is 0 Å². The lowest BCUT2D eigenvalue weighted by Gasteiger charge is -1.96. The second kappa shape index (κ2) is 3.55. The molecule has 0 aliphatic carbocycles. The largest absolute Gasteiger partial charge is 0.235 e. The predicted molar refractivity (Wildman–Crippen MR) is 45.9 cm³/mol. The van der Waals surface area contributed by atoms with Crippen molar-refractivity contribution in [3.63, 3.8) is 0 Å². The van der Waals surface area contributed by atoms with E-state index < -0.39 is 0 Å². The van der Waals surface area contributed by atoms with E-state index in [0.717, 1.165) is 4.34 Å². The first-order chi connectivity index (χ1) is 4.68. The molecule has 1 heterocycles. The molecule has 1 aromatic heterocycles. The molecule has 0 saturated carbocycles.